The monoisotopic (exact) mass is 547 g/mol. The summed E-state index contributed by atoms with van der Waals surface area (Å²) in [7, 11) is -3.53. The third-order valence-electron chi connectivity index (χ3n) is 6.59. The minimum absolute atomic E-state index is 0.231. The van der Waals surface area contributed by atoms with E-state index in [-0.39, 0.29) is 19.1 Å². The normalized spacial score (nSPS) is 14.3. The molecule has 4 rings (SSSR count). The maximum Gasteiger partial charge on any atom is 0.361 e. The second-order valence-corrected chi connectivity index (χ2v) is 11.4. The standard InChI is InChI=1S/C31H38N3O4P/c1-5-20-34(6-2)22-23-14-16-25(17-15-23)32-30(24-12-10-9-11-13-24)29-27-21-26(18-19-28(27)33-31(29)35)39(36,37-7-3)38-8-4/h9-19,21,32H,5-8,20,22H2,1-4H3,(H,33,35). The fourth-order valence-corrected chi connectivity index (χ4v) is 6.34. The van der Waals surface area contributed by atoms with Crippen LogP contribution >= 0.6 is 7.60 Å². The molecule has 0 saturated heterocycles. The quantitative estimate of drug-likeness (QED) is 0.182. The highest BCUT2D eigenvalue weighted by molar-refractivity contribution is 7.62. The van der Waals surface area contributed by atoms with Crippen LogP contribution in [0.4, 0.5) is 11.4 Å². The van der Waals surface area contributed by atoms with Crippen LogP contribution in [0.2, 0.25) is 0 Å². The van der Waals surface area contributed by atoms with Gasteiger partial charge in [0.1, 0.15) is 0 Å². The van der Waals surface area contributed by atoms with Gasteiger partial charge in [0.25, 0.3) is 5.91 Å². The first kappa shape index (κ1) is 28.8. The maximum atomic E-state index is 13.5. The molecule has 8 heteroatoms. The Labute approximate surface area is 231 Å². The molecule has 1 amide bonds. The van der Waals surface area contributed by atoms with Crippen LogP contribution in [-0.4, -0.2) is 37.1 Å². The zero-order valence-corrected chi connectivity index (χ0v) is 24.1. The molecule has 3 aromatic carbocycles. The summed E-state index contributed by atoms with van der Waals surface area (Å²) >= 11 is 0. The second-order valence-electron chi connectivity index (χ2n) is 9.32. The van der Waals surface area contributed by atoms with Crippen molar-refractivity contribution in [2.75, 3.05) is 36.9 Å². The van der Waals surface area contributed by atoms with Crippen LogP contribution in [-0.2, 0) is 25.0 Å². The average Bonchev–Trinajstić information content (AvgIpc) is 3.27. The molecule has 1 aliphatic heterocycles. The van der Waals surface area contributed by atoms with Gasteiger partial charge in [-0.05, 0) is 74.8 Å². The Morgan fingerprint density at radius 2 is 1.62 bits per heavy atom. The fraction of sp³-hybridized carbons (Fsp3) is 0.323. The lowest BCUT2D eigenvalue weighted by Crippen LogP contribution is -2.23. The molecule has 0 aromatic heterocycles. The molecule has 1 aliphatic rings. The Balaban J connectivity index is 1.76. The molecular formula is C31H38N3O4P. The number of amides is 1. The number of anilines is 2. The predicted octanol–water partition coefficient (Wildman–Crippen LogP) is 6.74. The molecule has 0 aliphatic carbocycles. The number of carbonyl (C=O) groups excluding carboxylic acids is 1. The summed E-state index contributed by atoms with van der Waals surface area (Å²) in [6.45, 7) is 11.4. The third kappa shape index (κ3) is 6.68. The van der Waals surface area contributed by atoms with Gasteiger partial charge in [0.05, 0.1) is 29.8 Å². The highest BCUT2D eigenvalue weighted by Crippen LogP contribution is 2.48. The molecule has 1 heterocycles. The van der Waals surface area contributed by atoms with E-state index in [4.69, 9.17) is 9.05 Å². The smallest absolute Gasteiger partial charge is 0.354 e. The summed E-state index contributed by atoms with van der Waals surface area (Å²) in [6, 6.07) is 23.3. The van der Waals surface area contributed by atoms with E-state index in [9.17, 15) is 9.36 Å². The van der Waals surface area contributed by atoms with Crippen LogP contribution in [0, 0.1) is 0 Å². The van der Waals surface area contributed by atoms with Crippen LogP contribution < -0.4 is 15.9 Å². The van der Waals surface area contributed by atoms with Gasteiger partial charge < -0.3 is 19.7 Å². The number of rotatable bonds is 13. The van der Waals surface area contributed by atoms with Crippen molar-refractivity contribution in [1.82, 2.24) is 4.90 Å². The highest BCUT2D eigenvalue weighted by atomic mass is 31.2. The number of nitrogens with zero attached hydrogens (tertiary/aromatic N) is 1. The first-order chi connectivity index (χ1) is 18.9. The molecule has 2 N–H and O–H groups in total. The number of benzene rings is 3. The van der Waals surface area contributed by atoms with Gasteiger partial charge in [0.15, 0.2) is 0 Å². The number of fused-ring (bicyclic) bond motifs is 1. The molecule has 0 atom stereocenters. The van der Waals surface area contributed by atoms with E-state index in [0.29, 0.717) is 27.8 Å². The van der Waals surface area contributed by atoms with Gasteiger partial charge in [-0.25, -0.2) is 0 Å². The van der Waals surface area contributed by atoms with Crippen LogP contribution in [0.25, 0.3) is 11.3 Å². The van der Waals surface area contributed by atoms with Gasteiger partial charge in [0, 0.05) is 23.5 Å². The molecule has 3 aromatic rings. The van der Waals surface area contributed by atoms with Crippen molar-refractivity contribution in [2.45, 2.75) is 40.7 Å². The molecule has 0 fully saturated rings. The summed E-state index contributed by atoms with van der Waals surface area (Å²) in [4.78, 5) is 15.8. The van der Waals surface area contributed by atoms with E-state index >= 15 is 0 Å². The van der Waals surface area contributed by atoms with Crippen molar-refractivity contribution in [3.05, 3.63) is 89.5 Å². The van der Waals surface area contributed by atoms with Crippen molar-refractivity contribution in [3.63, 3.8) is 0 Å². The van der Waals surface area contributed by atoms with Crippen LogP contribution in [0.1, 0.15) is 50.8 Å². The zero-order chi connectivity index (χ0) is 27.8. The van der Waals surface area contributed by atoms with E-state index < -0.39 is 7.60 Å². The molecule has 206 valence electrons. The van der Waals surface area contributed by atoms with Crippen molar-refractivity contribution < 1.29 is 18.4 Å². The maximum absolute atomic E-state index is 13.5. The Kier molecular flexibility index (Phi) is 9.76. The molecule has 0 radical (unpaired) electrons. The van der Waals surface area contributed by atoms with Gasteiger partial charge in [-0.2, -0.15) is 0 Å². The Morgan fingerprint density at radius 3 is 2.23 bits per heavy atom. The molecule has 0 unspecified atom stereocenters. The molecule has 0 spiro atoms. The SMILES string of the molecule is CCCN(CC)Cc1ccc(NC(=C2C(=O)Nc3ccc(P(=O)(OCC)OCC)cc32)c2ccccc2)cc1. The molecule has 0 saturated carbocycles. The lowest BCUT2D eigenvalue weighted by molar-refractivity contribution is -0.110. The summed E-state index contributed by atoms with van der Waals surface area (Å²) in [5, 5.41) is 6.89. The van der Waals surface area contributed by atoms with Gasteiger partial charge in [-0.15, -0.1) is 0 Å². The van der Waals surface area contributed by atoms with Crippen LogP contribution in [0.3, 0.4) is 0 Å². The summed E-state index contributed by atoms with van der Waals surface area (Å²) in [5.74, 6) is -0.231. The predicted molar refractivity (Wildman–Crippen MR) is 160 cm³/mol. The minimum Gasteiger partial charge on any atom is -0.354 e. The summed E-state index contributed by atoms with van der Waals surface area (Å²) in [5.41, 5.74) is 5.42. The fourth-order valence-electron chi connectivity index (χ4n) is 4.75. The van der Waals surface area contributed by atoms with Gasteiger partial charge in [-0.3, -0.25) is 14.3 Å². The van der Waals surface area contributed by atoms with Gasteiger partial charge in [-0.1, -0.05) is 56.3 Å². The number of nitrogens with one attached hydrogen (secondary N) is 2. The number of carbonyl (C=O) groups is 1. The Hall–Kier alpha value is -3.22. The van der Waals surface area contributed by atoms with E-state index in [0.717, 1.165) is 37.3 Å². The van der Waals surface area contributed by atoms with E-state index in [2.05, 4.69) is 41.5 Å². The first-order valence-electron chi connectivity index (χ1n) is 13.7. The Bertz CT molecular complexity index is 1350. The topological polar surface area (TPSA) is 79.9 Å². The summed E-state index contributed by atoms with van der Waals surface area (Å²) in [6.07, 6.45) is 1.12. The first-order valence-corrected chi connectivity index (χ1v) is 15.2. The van der Waals surface area contributed by atoms with Crippen LogP contribution in [0.5, 0.6) is 0 Å². The van der Waals surface area contributed by atoms with Crippen LogP contribution in [0.15, 0.2) is 72.8 Å². The van der Waals surface area contributed by atoms with Crippen molar-refractivity contribution in [2.24, 2.45) is 0 Å². The largest absolute Gasteiger partial charge is 0.361 e. The van der Waals surface area contributed by atoms with E-state index in [1.54, 1.807) is 32.0 Å². The van der Waals surface area contributed by atoms with Crippen molar-refractivity contribution >= 4 is 41.5 Å². The molecule has 0 bridgehead atoms. The second kappa shape index (κ2) is 13.2. The van der Waals surface area contributed by atoms with Crippen molar-refractivity contribution in [3.8, 4) is 0 Å². The van der Waals surface area contributed by atoms with E-state index in [1.807, 2.05) is 42.5 Å². The van der Waals surface area contributed by atoms with Crippen molar-refractivity contribution in [1.29, 1.82) is 0 Å². The lowest BCUT2D eigenvalue weighted by Gasteiger charge is -2.20. The average molecular weight is 548 g/mol. The number of hydrogen-bond donors (Lipinski definition) is 2. The molecular weight excluding hydrogens is 509 g/mol. The third-order valence-corrected chi connectivity index (χ3v) is 8.70. The van der Waals surface area contributed by atoms with Gasteiger partial charge >= 0.3 is 7.60 Å². The lowest BCUT2D eigenvalue weighted by atomic mass is 10.00. The highest BCUT2D eigenvalue weighted by Gasteiger charge is 2.33. The van der Waals surface area contributed by atoms with Gasteiger partial charge in [0.2, 0.25) is 0 Å². The Morgan fingerprint density at radius 1 is 0.923 bits per heavy atom. The zero-order valence-electron chi connectivity index (χ0n) is 23.2. The molecule has 7 nitrogen and oxygen atoms in total. The summed E-state index contributed by atoms with van der Waals surface area (Å²) < 4.78 is 24.7. The van der Waals surface area contributed by atoms with E-state index in [1.165, 1.54) is 5.56 Å². The number of hydrogen-bond acceptors (Lipinski definition) is 6. The minimum atomic E-state index is -3.53. The molecule has 39 heavy (non-hydrogen) atoms.